The van der Waals surface area contributed by atoms with E-state index in [4.69, 9.17) is 9.15 Å². The molecule has 0 aliphatic rings. The van der Waals surface area contributed by atoms with Gasteiger partial charge in [-0.2, -0.15) is 5.26 Å². The van der Waals surface area contributed by atoms with Crippen LogP contribution in [0, 0.1) is 11.3 Å². The Balaban J connectivity index is 1.54. The number of nitriles is 1. The smallest absolute Gasteiger partial charge is 0.374 e. The molecule has 0 bridgehead atoms. The highest BCUT2D eigenvalue weighted by molar-refractivity contribution is 5.92. The first-order valence-corrected chi connectivity index (χ1v) is 8.09. The van der Waals surface area contributed by atoms with Gasteiger partial charge in [-0.1, -0.05) is 30.3 Å². The third-order valence-corrected chi connectivity index (χ3v) is 3.99. The lowest BCUT2D eigenvalue weighted by Crippen LogP contribution is -2.08. The van der Waals surface area contributed by atoms with E-state index in [0.717, 1.165) is 10.9 Å². The summed E-state index contributed by atoms with van der Waals surface area (Å²) in [5.41, 5.74) is 1.85. The number of carbonyl (C=O) groups excluding carboxylic acids is 1. The quantitative estimate of drug-likeness (QED) is 0.324. The summed E-state index contributed by atoms with van der Waals surface area (Å²) in [6.07, 6.45) is 0. The molecule has 0 saturated heterocycles. The number of H-pyrrole nitrogens is 1. The number of aromatic amines is 1. The van der Waals surface area contributed by atoms with Crippen molar-refractivity contribution in [3.8, 4) is 6.07 Å². The van der Waals surface area contributed by atoms with Crippen molar-refractivity contribution in [2.45, 2.75) is 0 Å². The predicted octanol–water partition coefficient (Wildman–Crippen LogP) is 3.96. The maximum Gasteiger partial charge on any atom is 0.374 e. The summed E-state index contributed by atoms with van der Waals surface area (Å²) in [6, 6.07) is 17.8. The Labute approximate surface area is 153 Å². The Hall–Kier alpha value is -4.05. The van der Waals surface area contributed by atoms with Gasteiger partial charge in [0.1, 0.15) is 17.2 Å². The van der Waals surface area contributed by atoms with Gasteiger partial charge in [-0.05, 0) is 24.3 Å². The molecule has 0 atom stereocenters. The molecule has 0 radical (unpaired) electrons. The van der Waals surface area contributed by atoms with Crippen molar-refractivity contribution in [2.24, 2.45) is 0 Å². The molecule has 2 N–H and O–H groups in total. The summed E-state index contributed by atoms with van der Waals surface area (Å²) < 4.78 is 10.5. The molecule has 0 aliphatic heterocycles. The van der Waals surface area contributed by atoms with Crippen LogP contribution in [0.25, 0.3) is 27.6 Å². The van der Waals surface area contributed by atoms with E-state index in [1.807, 2.05) is 30.3 Å². The topological polar surface area (TPSA) is 112 Å². The highest BCUT2D eigenvalue weighted by atomic mass is 16.6. The van der Waals surface area contributed by atoms with Gasteiger partial charge in [0.25, 0.3) is 0 Å². The van der Waals surface area contributed by atoms with E-state index in [1.54, 1.807) is 30.3 Å². The summed E-state index contributed by atoms with van der Waals surface area (Å²) in [5.74, 6) is -0.914. The highest BCUT2D eigenvalue weighted by Gasteiger charge is 2.17. The summed E-state index contributed by atoms with van der Waals surface area (Å²) in [7, 11) is 0. The number of esters is 1. The Morgan fingerprint density at radius 2 is 2.00 bits per heavy atom. The van der Waals surface area contributed by atoms with E-state index in [9.17, 15) is 15.2 Å². The summed E-state index contributed by atoms with van der Waals surface area (Å²) >= 11 is 0. The maximum absolute atomic E-state index is 12.2. The van der Waals surface area contributed by atoms with Crippen LogP contribution in [-0.2, 0) is 4.74 Å². The number of hydrogen-bond acceptors (Lipinski definition) is 6. The number of allylic oxidation sites excluding steroid dienone is 1. The molecule has 2 heterocycles. The Morgan fingerprint density at radius 1 is 1.22 bits per heavy atom. The number of nitrogens with zero attached hydrogens (tertiary/aromatic N) is 2. The highest BCUT2D eigenvalue weighted by Crippen LogP contribution is 2.21. The number of rotatable bonds is 4. The van der Waals surface area contributed by atoms with Gasteiger partial charge >= 0.3 is 5.97 Å². The van der Waals surface area contributed by atoms with Gasteiger partial charge in [-0.15, -0.1) is 0 Å². The van der Waals surface area contributed by atoms with Crippen LogP contribution in [0.3, 0.4) is 0 Å². The van der Waals surface area contributed by atoms with Crippen molar-refractivity contribution < 1.29 is 19.1 Å². The van der Waals surface area contributed by atoms with Crippen LogP contribution in [0.1, 0.15) is 16.4 Å². The molecule has 0 spiro atoms. The van der Waals surface area contributed by atoms with Crippen LogP contribution in [0.5, 0.6) is 0 Å². The van der Waals surface area contributed by atoms with Gasteiger partial charge in [-0.25, -0.2) is 9.78 Å². The number of nitrogens with one attached hydrogen (secondary N) is 1. The van der Waals surface area contributed by atoms with Crippen molar-refractivity contribution in [3.63, 3.8) is 0 Å². The summed E-state index contributed by atoms with van der Waals surface area (Å²) in [5, 5.41) is 20.3. The number of aliphatic hydroxyl groups is 1. The third-order valence-electron chi connectivity index (χ3n) is 3.99. The zero-order valence-electron chi connectivity index (χ0n) is 14.0. The molecule has 0 unspecified atom stereocenters. The molecule has 4 rings (SSSR count). The van der Waals surface area contributed by atoms with Crippen LogP contribution in [0.2, 0.25) is 0 Å². The lowest BCUT2D eigenvalue weighted by Gasteiger charge is -2.03. The Bertz CT molecular complexity index is 1160. The van der Waals surface area contributed by atoms with Crippen LogP contribution in [-0.4, -0.2) is 27.7 Å². The van der Waals surface area contributed by atoms with Crippen LogP contribution in [0.4, 0.5) is 0 Å². The van der Waals surface area contributed by atoms with Crippen molar-refractivity contribution in [2.75, 3.05) is 6.61 Å². The van der Waals surface area contributed by atoms with Crippen LogP contribution < -0.4 is 0 Å². The van der Waals surface area contributed by atoms with E-state index in [2.05, 4.69) is 9.97 Å². The molecule has 0 fully saturated rings. The number of carbonyl (C=O) groups is 1. The van der Waals surface area contributed by atoms with E-state index in [-0.39, 0.29) is 17.2 Å². The number of para-hydroxylation sites is 3. The lowest BCUT2D eigenvalue weighted by molar-refractivity contribution is 0.0469. The average Bonchev–Trinajstić information content (AvgIpc) is 3.30. The van der Waals surface area contributed by atoms with E-state index in [0.29, 0.717) is 11.1 Å². The molecule has 132 valence electrons. The minimum atomic E-state index is -0.736. The number of hydrogen-bond donors (Lipinski definition) is 2. The molecule has 0 saturated carbocycles. The molecule has 4 aromatic rings. The summed E-state index contributed by atoms with van der Waals surface area (Å²) in [6.45, 7) is -0.476. The van der Waals surface area contributed by atoms with Crippen LogP contribution in [0.15, 0.2) is 64.8 Å². The lowest BCUT2D eigenvalue weighted by atomic mass is 10.2. The van der Waals surface area contributed by atoms with Crippen molar-refractivity contribution in [1.29, 1.82) is 5.26 Å². The third kappa shape index (κ3) is 3.12. The first-order valence-electron chi connectivity index (χ1n) is 8.09. The molecule has 27 heavy (non-hydrogen) atoms. The second kappa shape index (κ2) is 6.69. The van der Waals surface area contributed by atoms with Gasteiger partial charge in [-0.3, -0.25) is 0 Å². The number of ether oxygens (including phenoxy) is 1. The van der Waals surface area contributed by atoms with E-state index < -0.39 is 18.3 Å². The fourth-order valence-corrected chi connectivity index (χ4v) is 2.69. The van der Waals surface area contributed by atoms with Gasteiger partial charge in [0, 0.05) is 5.39 Å². The van der Waals surface area contributed by atoms with Gasteiger partial charge in [0.2, 0.25) is 5.76 Å². The van der Waals surface area contributed by atoms with E-state index >= 15 is 0 Å². The zero-order chi connectivity index (χ0) is 18.8. The summed E-state index contributed by atoms with van der Waals surface area (Å²) in [4.78, 5) is 19.4. The largest absolute Gasteiger partial charge is 0.507 e. The molecule has 0 amide bonds. The van der Waals surface area contributed by atoms with Crippen molar-refractivity contribution in [3.05, 3.63) is 71.9 Å². The van der Waals surface area contributed by atoms with Crippen molar-refractivity contribution >= 4 is 33.5 Å². The van der Waals surface area contributed by atoms with Gasteiger partial charge in [0.15, 0.2) is 18.2 Å². The molecular formula is C20H13N3O4. The van der Waals surface area contributed by atoms with E-state index in [1.165, 1.54) is 0 Å². The van der Waals surface area contributed by atoms with Gasteiger partial charge in [0.05, 0.1) is 11.0 Å². The number of imidazole rings is 1. The fraction of sp³-hybridized carbons (Fsp3) is 0.0500. The molecule has 7 nitrogen and oxygen atoms in total. The average molecular weight is 359 g/mol. The number of furan rings is 1. The predicted molar refractivity (Wildman–Crippen MR) is 97.8 cm³/mol. The first-order chi connectivity index (χ1) is 13.2. The van der Waals surface area contributed by atoms with Crippen LogP contribution >= 0.6 is 0 Å². The molecule has 7 heteroatoms. The number of aromatic nitrogens is 2. The maximum atomic E-state index is 12.2. The SMILES string of the molecule is N#C/C(=C(/O)COC(=O)c1cc2ccccc2o1)c1nc2ccccc2[nH]1. The minimum absolute atomic E-state index is 0.0197. The zero-order valence-corrected chi connectivity index (χ0v) is 14.0. The van der Waals surface area contributed by atoms with Crippen molar-refractivity contribution in [1.82, 2.24) is 9.97 Å². The Morgan fingerprint density at radius 3 is 2.78 bits per heavy atom. The molecule has 2 aromatic carbocycles. The molecule has 0 aliphatic carbocycles. The second-order valence-electron chi connectivity index (χ2n) is 5.76. The van der Waals surface area contributed by atoms with Gasteiger partial charge < -0.3 is 19.2 Å². The minimum Gasteiger partial charge on any atom is -0.507 e. The first kappa shape index (κ1) is 16.4. The monoisotopic (exact) mass is 359 g/mol. The number of benzene rings is 2. The fourth-order valence-electron chi connectivity index (χ4n) is 2.69. The number of aliphatic hydroxyl groups excluding tert-OH is 1. The normalized spacial score (nSPS) is 12.0. The molecular weight excluding hydrogens is 346 g/mol. The standard InChI is InChI=1S/C20H13N3O4/c21-10-13(19-22-14-6-2-3-7-15(14)23-19)16(24)11-26-20(25)18-9-12-5-1-4-8-17(12)27-18/h1-9,24H,11H2,(H,22,23)/b16-13-. The Kier molecular flexibility index (Phi) is 4.07. The second-order valence-corrected chi connectivity index (χ2v) is 5.76. The molecule has 2 aromatic heterocycles. The number of fused-ring (bicyclic) bond motifs is 2.